The van der Waals surface area contributed by atoms with Crippen LogP contribution in [-0.2, 0) is 14.8 Å². The number of carbonyl (C=O) groups is 2. The summed E-state index contributed by atoms with van der Waals surface area (Å²) in [5, 5.41) is 16.4. The number of unbranched alkanes of at least 4 members (excludes halogenated alkanes) is 1. The van der Waals surface area contributed by atoms with E-state index in [1.54, 1.807) is 0 Å². The molecule has 0 bridgehead atoms. The molecule has 1 aromatic rings. The predicted molar refractivity (Wildman–Crippen MR) is 76.2 cm³/mol. The number of nitrogens with two attached hydrogens (primary N) is 1. The highest BCUT2D eigenvalue weighted by Gasteiger charge is 2.20. The Morgan fingerprint density at radius 1 is 1.29 bits per heavy atom. The fourth-order valence-electron chi connectivity index (χ4n) is 1.70. The Hall–Kier alpha value is -1.93. The minimum Gasteiger partial charge on any atom is -0.480 e. The lowest BCUT2D eigenvalue weighted by Gasteiger charge is -2.14. The number of nitrogens with one attached hydrogen (secondary N) is 1. The zero-order valence-corrected chi connectivity index (χ0v) is 12.4. The van der Waals surface area contributed by atoms with E-state index < -0.39 is 27.9 Å². The predicted octanol–water partition coefficient (Wildman–Crippen LogP) is 0.707. The van der Waals surface area contributed by atoms with Crippen LogP contribution in [0.1, 0.15) is 36.5 Å². The third-order valence-corrected chi connectivity index (χ3v) is 3.82. The molecule has 0 aliphatic heterocycles. The molecule has 1 rings (SSSR count). The van der Waals surface area contributed by atoms with Gasteiger partial charge in [0.15, 0.2) is 0 Å². The van der Waals surface area contributed by atoms with Crippen molar-refractivity contribution in [1.82, 2.24) is 5.32 Å². The number of hydrogen-bond acceptors (Lipinski definition) is 4. The van der Waals surface area contributed by atoms with Gasteiger partial charge in [-0.15, -0.1) is 0 Å². The zero-order valence-electron chi connectivity index (χ0n) is 11.6. The molecule has 0 fully saturated rings. The molecule has 0 aromatic heterocycles. The number of aliphatic carboxylic acids is 1. The molecule has 0 saturated heterocycles. The average molecular weight is 314 g/mol. The van der Waals surface area contributed by atoms with Gasteiger partial charge in [-0.2, -0.15) is 0 Å². The van der Waals surface area contributed by atoms with Gasteiger partial charge in [0, 0.05) is 5.56 Å². The van der Waals surface area contributed by atoms with Gasteiger partial charge >= 0.3 is 5.97 Å². The first-order valence-corrected chi connectivity index (χ1v) is 7.97. The topological polar surface area (TPSA) is 127 Å². The Kier molecular flexibility index (Phi) is 5.86. The van der Waals surface area contributed by atoms with E-state index in [-0.39, 0.29) is 10.5 Å². The van der Waals surface area contributed by atoms with Crippen molar-refractivity contribution in [3.8, 4) is 0 Å². The maximum Gasteiger partial charge on any atom is 0.326 e. The lowest BCUT2D eigenvalue weighted by Crippen LogP contribution is -2.40. The van der Waals surface area contributed by atoms with Gasteiger partial charge in [-0.05, 0) is 30.7 Å². The van der Waals surface area contributed by atoms with Crippen LogP contribution in [-0.4, -0.2) is 31.4 Å². The van der Waals surface area contributed by atoms with Crippen LogP contribution in [0.3, 0.4) is 0 Å². The Morgan fingerprint density at radius 2 is 1.86 bits per heavy atom. The van der Waals surface area contributed by atoms with Crippen LogP contribution in [0, 0.1) is 0 Å². The number of benzene rings is 1. The zero-order chi connectivity index (χ0) is 16.0. The number of carboxylic acid groups (broad SMARTS) is 1. The smallest absolute Gasteiger partial charge is 0.326 e. The molecule has 1 atom stereocenters. The minimum atomic E-state index is -3.82. The van der Waals surface area contributed by atoms with E-state index in [0.717, 1.165) is 6.42 Å². The molecule has 1 aromatic carbocycles. The molecule has 0 unspecified atom stereocenters. The van der Waals surface area contributed by atoms with Gasteiger partial charge in [-0.25, -0.2) is 18.4 Å². The van der Waals surface area contributed by atoms with Gasteiger partial charge in [0.1, 0.15) is 6.04 Å². The molecule has 0 radical (unpaired) electrons. The summed E-state index contributed by atoms with van der Waals surface area (Å²) < 4.78 is 22.2. The fourth-order valence-corrected chi connectivity index (χ4v) is 2.22. The molecule has 4 N–H and O–H groups in total. The summed E-state index contributed by atoms with van der Waals surface area (Å²) in [4.78, 5) is 22.9. The van der Waals surface area contributed by atoms with E-state index in [1.807, 2.05) is 6.92 Å². The Morgan fingerprint density at radius 3 is 2.29 bits per heavy atom. The van der Waals surface area contributed by atoms with Gasteiger partial charge in [0.2, 0.25) is 10.0 Å². The number of carboxylic acids is 1. The molecule has 116 valence electrons. The maximum atomic E-state index is 11.9. The van der Waals surface area contributed by atoms with Crippen LogP contribution in [0.4, 0.5) is 0 Å². The number of carbonyl (C=O) groups excluding carboxylic acids is 1. The number of sulfonamides is 1. The molecular weight excluding hydrogens is 296 g/mol. The summed E-state index contributed by atoms with van der Waals surface area (Å²) in [6.45, 7) is 1.92. The lowest BCUT2D eigenvalue weighted by atomic mass is 10.1. The lowest BCUT2D eigenvalue weighted by molar-refractivity contribution is -0.139. The van der Waals surface area contributed by atoms with E-state index in [0.29, 0.717) is 12.8 Å². The van der Waals surface area contributed by atoms with Crippen LogP contribution in [0.5, 0.6) is 0 Å². The minimum absolute atomic E-state index is 0.111. The highest BCUT2D eigenvalue weighted by atomic mass is 32.2. The molecular formula is C13H18N2O5S. The Balaban J connectivity index is 2.81. The number of amides is 1. The van der Waals surface area contributed by atoms with Gasteiger partial charge in [0.05, 0.1) is 4.90 Å². The first-order chi connectivity index (χ1) is 9.75. The van der Waals surface area contributed by atoms with Crippen molar-refractivity contribution in [2.45, 2.75) is 37.1 Å². The highest BCUT2D eigenvalue weighted by molar-refractivity contribution is 7.89. The van der Waals surface area contributed by atoms with E-state index in [2.05, 4.69) is 5.32 Å². The summed E-state index contributed by atoms with van der Waals surface area (Å²) in [5.41, 5.74) is 0.171. The summed E-state index contributed by atoms with van der Waals surface area (Å²) in [7, 11) is -3.82. The molecule has 0 saturated carbocycles. The van der Waals surface area contributed by atoms with Crippen LogP contribution in [0.2, 0.25) is 0 Å². The quantitative estimate of drug-likeness (QED) is 0.683. The Labute approximate surface area is 123 Å². The number of primary sulfonamides is 1. The maximum absolute atomic E-state index is 11.9. The molecule has 8 heteroatoms. The van der Waals surface area contributed by atoms with Crippen LogP contribution >= 0.6 is 0 Å². The monoisotopic (exact) mass is 314 g/mol. The number of hydrogen-bond donors (Lipinski definition) is 3. The number of rotatable bonds is 7. The second-order valence-corrected chi connectivity index (χ2v) is 6.14. The SMILES string of the molecule is CCCC[C@H](NC(=O)c1ccc(S(N)(=O)=O)cc1)C(=O)O. The normalized spacial score (nSPS) is 12.7. The van der Waals surface area contributed by atoms with Crippen molar-refractivity contribution in [3.05, 3.63) is 29.8 Å². The van der Waals surface area contributed by atoms with Crippen molar-refractivity contribution in [3.63, 3.8) is 0 Å². The van der Waals surface area contributed by atoms with E-state index in [1.165, 1.54) is 24.3 Å². The third kappa shape index (κ3) is 5.16. The molecule has 7 nitrogen and oxygen atoms in total. The summed E-state index contributed by atoms with van der Waals surface area (Å²) in [6.07, 6.45) is 1.84. The third-order valence-electron chi connectivity index (χ3n) is 2.89. The van der Waals surface area contributed by atoms with E-state index in [9.17, 15) is 18.0 Å². The van der Waals surface area contributed by atoms with Crippen LogP contribution < -0.4 is 10.5 Å². The summed E-state index contributed by atoms with van der Waals surface area (Å²) >= 11 is 0. The van der Waals surface area contributed by atoms with E-state index >= 15 is 0 Å². The molecule has 21 heavy (non-hydrogen) atoms. The van der Waals surface area contributed by atoms with Crippen molar-refractivity contribution >= 4 is 21.9 Å². The van der Waals surface area contributed by atoms with Crippen LogP contribution in [0.25, 0.3) is 0 Å². The molecule has 0 aliphatic rings. The highest BCUT2D eigenvalue weighted by Crippen LogP contribution is 2.09. The van der Waals surface area contributed by atoms with Gasteiger partial charge in [-0.3, -0.25) is 4.79 Å². The van der Waals surface area contributed by atoms with Crippen molar-refractivity contribution in [2.75, 3.05) is 0 Å². The van der Waals surface area contributed by atoms with Gasteiger partial charge in [0.25, 0.3) is 5.91 Å². The summed E-state index contributed by atoms with van der Waals surface area (Å²) in [6, 6.07) is 4.01. The molecule has 0 aliphatic carbocycles. The Bertz CT molecular complexity index is 610. The first-order valence-electron chi connectivity index (χ1n) is 6.42. The van der Waals surface area contributed by atoms with Crippen LogP contribution in [0.15, 0.2) is 29.2 Å². The molecule has 1 amide bonds. The fraction of sp³-hybridized carbons (Fsp3) is 0.385. The van der Waals surface area contributed by atoms with E-state index in [4.69, 9.17) is 10.2 Å². The summed E-state index contributed by atoms with van der Waals surface area (Å²) in [5.74, 6) is -1.67. The van der Waals surface area contributed by atoms with Crippen molar-refractivity contribution in [2.24, 2.45) is 5.14 Å². The van der Waals surface area contributed by atoms with Crippen molar-refractivity contribution < 1.29 is 23.1 Å². The molecule has 0 spiro atoms. The second-order valence-electron chi connectivity index (χ2n) is 4.58. The first kappa shape index (κ1) is 17.1. The standard InChI is InChI=1S/C13H18N2O5S/c1-2-3-4-11(13(17)18)15-12(16)9-5-7-10(8-6-9)21(14,19)20/h5-8,11H,2-4H2,1H3,(H,15,16)(H,17,18)(H2,14,19,20)/t11-/m0/s1. The largest absolute Gasteiger partial charge is 0.480 e. The average Bonchev–Trinajstić information content (AvgIpc) is 2.42. The second kappa shape index (κ2) is 7.19. The van der Waals surface area contributed by atoms with Gasteiger partial charge < -0.3 is 10.4 Å². The molecule has 0 heterocycles. The van der Waals surface area contributed by atoms with Crippen molar-refractivity contribution in [1.29, 1.82) is 0 Å². The van der Waals surface area contributed by atoms with Gasteiger partial charge in [-0.1, -0.05) is 19.8 Å².